The maximum atomic E-state index is 14.6. The molecule has 22 heteroatoms. The highest BCUT2D eigenvalue weighted by atomic mass is 32.1. The van der Waals surface area contributed by atoms with Gasteiger partial charge in [0.25, 0.3) is 23.6 Å². The number of amides is 7. The maximum absolute atomic E-state index is 14.6. The van der Waals surface area contributed by atoms with Gasteiger partial charge >= 0.3 is 0 Å². The highest BCUT2D eigenvalue weighted by molar-refractivity contribution is 7.13. The molecular formula is C54H64FN9O11S. The van der Waals surface area contributed by atoms with Crippen LogP contribution in [0.3, 0.4) is 0 Å². The largest absolute Gasteiger partial charge is 0.507 e. The summed E-state index contributed by atoms with van der Waals surface area (Å²) in [4.78, 5) is 99.7. The minimum atomic E-state index is -2.03. The number of nitrogens with zero attached hydrogens (tertiary/aromatic N) is 3. The number of carbonyl (C=O) groups is 7. The predicted molar refractivity (Wildman–Crippen MR) is 280 cm³/mol. The number of aromatic nitrogens is 1. The van der Waals surface area contributed by atoms with E-state index in [1.165, 1.54) is 40.3 Å². The number of nitrogens with one attached hydrogen (secondary N) is 6. The molecule has 1 saturated heterocycles. The van der Waals surface area contributed by atoms with Crippen molar-refractivity contribution in [1.29, 1.82) is 5.41 Å². The Balaban J connectivity index is 0.862. The fourth-order valence-corrected chi connectivity index (χ4v) is 9.74. The first-order valence-corrected chi connectivity index (χ1v) is 25.8. The van der Waals surface area contributed by atoms with Crippen LogP contribution in [0.1, 0.15) is 97.2 Å². The second-order valence-electron chi connectivity index (χ2n) is 20.3. The van der Waals surface area contributed by atoms with Gasteiger partial charge in [-0.05, 0) is 72.9 Å². The topological polar surface area (TPSA) is 293 Å². The number of alkyl halides is 1. The molecule has 1 saturated carbocycles. The van der Waals surface area contributed by atoms with E-state index in [4.69, 9.17) is 10.1 Å². The second kappa shape index (κ2) is 23.9. The van der Waals surface area contributed by atoms with E-state index in [-0.39, 0.29) is 81.3 Å². The fraction of sp³-hybridized carbons (Fsp3) is 0.426. The Kier molecular flexibility index (Phi) is 17.6. The van der Waals surface area contributed by atoms with Crippen LogP contribution in [0.2, 0.25) is 0 Å². The van der Waals surface area contributed by atoms with E-state index in [1.807, 2.05) is 37.3 Å². The lowest BCUT2D eigenvalue weighted by molar-refractivity contribution is -0.145. The molecule has 20 nitrogen and oxygen atoms in total. The summed E-state index contributed by atoms with van der Waals surface area (Å²) in [5, 5.41) is 53.7. The van der Waals surface area contributed by atoms with Crippen LogP contribution in [0.25, 0.3) is 16.2 Å². The summed E-state index contributed by atoms with van der Waals surface area (Å²) in [6.45, 7) is 6.30. The van der Waals surface area contributed by atoms with Crippen molar-refractivity contribution in [3.63, 3.8) is 0 Å². The van der Waals surface area contributed by atoms with Crippen molar-refractivity contribution in [1.82, 2.24) is 41.4 Å². The van der Waals surface area contributed by atoms with Crippen LogP contribution in [-0.2, 0) is 41.7 Å². The Hall–Kier alpha value is -7.72. The maximum Gasteiger partial charge on any atom is 0.269 e. The monoisotopic (exact) mass is 1070 g/mol. The van der Waals surface area contributed by atoms with E-state index in [1.54, 1.807) is 38.4 Å². The smallest absolute Gasteiger partial charge is 0.269 e. The Morgan fingerprint density at radius 2 is 1.75 bits per heavy atom. The number of fused-ring (bicyclic) bond motifs is 1. The standard InChI is InChI=1S/C54H64FN9O11S/c1-30-46(76-29-60-30)33-10-11-34(26-59-49(71)40-24-35(65)27-64(40)51(73)47(53(2,3)4)62-52(74)54(55)17-18-54)43(23-33)75-28-45(69)57-19-16-44(68)58-20-21-63(5)50(72)37-14-12-32(22-42(37)67)41(66)25-38(56)48(70)61-39-15-13-31-8-6-7-9-36(31)39/h6-12,14,22-23,25,29,35,39-40,47,56,65-67H,13,15-21,24,26-28H2,1-5H3,(H,57,69)(H,58,68)(H,59,71)(H,61,70)(H,62,74)/b41-25-,56-38?/t35-,39-,40+,47-/m1/s1. The van der Waals surface area contributed by atoms with Crippen LogP contribution < -0.4 is 31.3 Å². The summed E-state index contributed by atoms with van der Waals surface area (Å²) < 4.78 is 20.6. The molecule has 4 atom stereocenters. The van der Waals surface area contributed by atoms with Crippen LogP contribution in [0.15, 0.2) is 72.3 Å². The Morgan fingerprint density at radius 1 is 1.01 bits per heavy atom. The van der Waals surface area contributed by atoms with Gasteiger partial charge in [-0.15, -0.1) is 11.3 Å². The molecule has 4 aromatic rings. The number of halogens is 1. The van der Waals surface area contributed by atoms with Gasteiger partial charge in [0.05, 0.1) is 33.8 Å². The minimum absolute atomic E-state index is 0.0400. The van der Waals surface area contributed by atoms with Crippen molar-refractivity contribution in [2.45, 2.75) is 103 Å². The van der Waals surface area contributed by atoms with E-state index in [0.29, 0.717) is 12.0 Å². The third-order valence-corrected chi connectivity index (χ3v) is 14.5. The molecule has 2 aliphatic carbocycles. The van der Waals surface area contributed by atoms with Crippen molar-refractivity contribution in [3.8, 4) is 21.9 Å². The third kappa shape index (κ3) is 13.8. The molecule has 3 aliphatic rings. The summed E-state index contributed by atoms with van der Waals surface area (Å²) in [5.41, 5.74) is 2.42. The molecule has 404 valence electrons. The minimum Gasteiger partial charge on any atom is -0.507 e. The zero-order valence-electron chi connectivity index (χ0n) is 43.0. The Bertz CT molecular complexity index is 2930. The summed E-state index contributed by atoms with van der Waals surface area (Å²) >= 11 is 1.40. The SMILES string of the molecule is Cc1ncsc1-c1ccc(CNC(=O)[C@@H]2C[C@@H](O)CN2C(=O)[C@@H](NC(=O)C2(F)CC2)C(C)(C)C)c(OCC(=O)NCCC(=O)NCCN(C)C(=O)c2ccc(/C(O)=C/C(=N)C(=O)N[C@@H]3CCc4ccccc43)cc2O)c1. The van der Waals surface area contributed by atoms with Crippen molar-refractivity contribution in [2.75, 3.05) is 39.8 Å². The first-order valence-electron chi connectivity index (χ1n) is 25.0. The zero-order valence-corrected chi connectivity index (χ0v) is 43.8. The molecule has 76 heavy (non-hydrogen) atoms. The highest BCUT2D eigenvalue weighted by Gasteiger charge is 2.53. The number of phenols is 1. The van der Waals surface area contributed by atoms with Crippen LogP contribution in [0, 0.1) is 17.7 Å². The lowest BCUT2D eigenvalue weighted by Gasteiger charge is -2.35. The lowest BCUT2D eigenvalue weighted by atomic mass is 9.85. The van der Waals surface area contributed by atoms with Crippen LogP contribution in [0.4, 0.5) is 4.39 Å². The van der Waals surface area contributed by atoms with Gasteiger partial charge in [-0.2, -0.15) is 0 Å². The second-order valence-corrected chi connectivity index (χ2v) is 21.2. The number of rotatable bonds is 21. The molecule has 0 bridgehead atoms. The van der Waals surface area contributed by atoms with Gasteiger partial charge in [-0.3, -0.25) is 39.0 Å². The Morgan fingerprint density at radius 3 is 2.45 bits per heavy atom. The number of thiazole rings is 1. The molecule has 0 spiro atoms. The number of aromatic hydroxyl groups is 1. The number of hydrogen-bond acceptors (Lipinski definition) is 14. The first-order chi connectivity index (χ1) is 36.0. The Labute approximate surface area is 443 Å². The number of benzene rings is 3. The molecule has 7 rings (SSSR count). The van der Waals surface area contributed by atoms with Gasteiger partial charge in [0.1, 0.15) is 35.1 Å². The summed E-state index contributed by atoms with van der Waals surface area (Å²) in [5.74, 6) is -4.97. The van der Waals surface area contributed by atoms with Gasteiger partial charge in [0.15, 0.2) is 12.3 Å². The van der Waals surface area contributed by atoms with Crippen molar-refractivity contribution in [2.24, 2.45) is 5.41 Å². The van der Waals surface area contributed by atoms with Gasteiger partial charge in [0, 0.05) is 69.8 Å². The summed E-state index contributed by atoms with van der Waals surface area (Å²) in [7, 11) is 1.47. The normalized spacial score (nSPS) is 17.9. The van der Waals surface area contributed by atoms with E-state index in [9.17, 15) is 53.3 Å². The van der Waals surface area contributed by atoms with Crippen LogP contribution >= 0.6 is 11.3 Å². The zero-order chi connectivity index (χ0) is 55.1. The molecule has 0 radical (unpaired) electrons. The number of aliphatic hydroxyl groups is 2. The van der Waals surface area contributed by atoms with E-state index < -0.39 is 94.4 Å². The molecule has 3 aromatic carbocycles. The van der Waals surface area contributed by atoms with Gasteiger partial charge in [-0.25, -0.2) is 9.37 Å². The lowest BCUT2D eigenvalue weighted by Crippen LogP contribution is -2.59. The number of likely N-dealkylation sites (N-methyl/N-ethyl adjacent to an activating group) is 1. The molecule has 1 aliphatic heterocycles. The van der Waals surface area contributed by atoms with Crippen LogP contribution in [0.5, 0.6) is 11.5 Å². The molecule has 2 fully saturated rings. The number of carbonyl (C=O) groups excluding carboxylic acids is 7. The first kappa shape index (κ1) is 56.0. The molecule has 9 N–H and O–H groups in total. The van der Waals surface area contributed by atoms with Crippen molar-refractivity contribution >= 4 is 64.2 Å². The average molecular weight is 1070 g/mol. The molecule has 7 amide bonds. The summed E-state index contributed by atoms with van der Waals surface area (Å²) in [6.07, 6.45) is 1.38. The number of phenolic OH excluding ortho intramolecular Hbond substituents is 1. The van der Waals surface area contributed by atoms with Gasteiger partial charge < -0.3 is 56.4 Å². The number of aliphatic hydroxyl groups excluding tert-OH is 2. The number of likely N-dealkylation sites (tertiary alicyclic amines) is 1. The van der Waals surface area contributed by atoms with Crippen molar-refractivity contribution < 1.29 is 58.0 Å². The predicted octanol–water partition coefficient (Wildman–Crippen LogP) is 3.93. The van der Waals surface area contributed by atoms with E-state index in [0.717, 1.165) is 45.8 Å². The number of ether oxygens (including phenoxy) is 1. The quantitative estimate of drug-likeness (QED) is 0.0424. The number of aryl methyl sites for hydroxylation is 2. The number of hydrogen-bond donors (Lipinski definition) is 9. The highest BCUT2D eigenvalue weighted by Crippen LogP contribution is 2.41. The van der Waals surface area contributed by atoms with Gasteiger partial charge in [0.2, 0.25) is 17.7 Å². The number of β-amino-alcohol motifs (C(OH)–C–C–N with tert-alkyl or cyclic N) is 1. The fourth-order valence-electron chi connectivity index (χ4n) is 8.94. The molecular weight excluding hydrogens is 1000 g/mol. The molecule has 2 heterocycles. The molecule has 0 unspecified atom stereocenters. The van der Waals surface area contributed by atoms with Crippen molar-refractivity contribution in [3.05, 3.63) is 106 Å². The summed E-state index contributed by atoms with van der Waals surface area (Å²) in [6, 6.07) is 14.3. The van der Waals surface area contributed by atoms with E-state index in [2.05, 4.69) is 31.6 Å². The average Bonchev–Trinajstić information content (AvgIpc) is 3.62. The van der Waals surface area contributed by atoms with Crippen LogP contribution in [-0.4, -0.2) is 141 Å². The molecule has 1 aromatic heterocycles. The van der Waals surface area contributed by atoms with Gasteiger partial charge in [-0.1, -0.05) is 63.2 Å². The van der Waals surface area contributed by atoms with E-state index >= 15 is 0 Å². The third-order valence-electron chi connectivity index (χ3n) is 13.5.